The number of ether oxygens (including phenoxy) is 1. The fourth-order valence-corrected chi connectivity index (χ4v) is 2.44. The summed E-state index contributed by atoms with van der Waals surface area (Å²) < 4.78 is 17.2. The summed E-state index contributed by atoms with van der Waals surface area (Å²) in [5.74, 6) is -0.0302. The normalized spacial score (nSPS) is 21.3. The predicted octanol–water partition coefficient (Wildman–Crippen LogP) is 4.15. The van der Waals surface area contributed by atoms with E-state index in [1.807, 2.05) is 6.08 Å². The zero-order chi connectivity index (χ0) is 16.8. The summed E-state index contributed by atoms with van der Waals surface area (Å²) in [7, 11) is -0.219. The van der Waals surface area contributed by atoms with Gasteiger partial charge in [0.15, 0.2) is 0 Å². The van der Waals surface area contributed by atoms with Crippen molar-refractivity contribution < 1.29 is 18.8 Å². The van der Waals surface area contributed by atoms with E-state index in [1.54, 1.807) is 6.92 Å². The number of carbonyl (C=O) groups is 1. The van der Waals surface area contributed by atoms with Crippen molar-refractivity contribution in [2.75, 3.05) is 6.61 Å². The van der Waals surface area contributed by atoms with Crippen molar-refractivity contribution >= 4 is 13.1 Å². The van der Waals surface area contributed by atoms with Crippen molar-refractivity contribution in [1.29, 1.82) is 0 Å². The summed E-state index contributed by atoms with van der Waals surface area (Å²) in [6, 6.07) is 0. The van der Waals surface area contributed by atoms with Crippen LogP contribution in [0.3, 0.4) is 0 Å². The van der Waals surface area contributed by atoms with Crippen molar-refractivity contribution in [3.8, 4) is 0 Å². The van der Waals surface area contributed by atoms with E-state index in [1.165, 1.54) is 6.08 Å². The van der Waals surface area contributed by atoms with Gasteiger partial charge in [-0.05, 0) is 46.9 Å². The molecule has 0 radical (unpaired) electrons. The van der Waals surface area contributed by atoms with Gasteiger partial charge < -0.3 is 14.0 Å². The monoisotopic (exact) mass is 310 g/mol. The Balaban J connectivity index is 2.67. The molecular weight excluding hydrogens is 279 g/mol. The average Bonchev–Trinajstić information content (AvgIpc) is 2.62. The van der Waals surface area contributed by atoms with Crippen LogP contribution in [-0.4, -0.2) is 30.9 Å². The van der Waals surface area contributed by atoms with Crippen LogP contribution in [-0.2, 0) is 18.8 Å². The molecule has 1 atom stereocenters. The van der Waals surface area contributed by atoms with E-state index in [2.05, 4.69) is 34.6 Å². The third-order valence-corrected chi connectivity index (χ3v) is 4.56. The van der Waals surface area contributed by atoms with Gasteiger partial charge in [0.05, 0.1) is 17.8 Å². The lowest BCUT2D eigenvalue weighted by Crippen LogP contribution is -2.41. The molecule has 0 spiro atoms. The fourth-order valence-electron chi connectivity index (χ4n) is 2.44. The molecule has 1 aliphatic rings. The molecule has 0 bridgehead atoms. The fraction of sp³-hybridized carbons (Fsp3) is 0.824. The molecule has 4 nitrogen and oxygen atoms in total. The molecule has 0 aromatic rings. The molecule has 1 rings (SSSR count). The number of esters is 1. The molecule has 1 aliphatic heterocycles. The van der Waals surface area contributed by atoms with Crippen molar-refractivity contribution in [2.45, 2.75) is 84.2 Å². The van der Waals surface area contributed by atoms with Crippen LogP contribution in [0.1, 0.15) is 67.2 Å². The van der Waals surface area contributed by atoms with Gasteiger partial charge in [-0.2, -0.15) is 0 Å². The van der Waals surface area contributed by atoms with Crippen LogP contribution in [0.2, 0.25) is 5.82 Å². The highest BCUT2D eigenvalue weighted by atomic mass is 16.7. The second-order valence-corrected chi connectivity index (χ2v) is 6.92. The highest BCUT2D eigenvalue weighted by molar-refractivity contribution is 6.47. The third kappa shape index (κ3) is 5.13. The molecule has 5 heteroatoms. The summed E-state index contributed by atoms with van der Waals surface area (Å²) in [5, 5.41) is 0. The molecule has 22 heavy (non-hydrogen) atoms. The second-order valence-electron chi connectivity index (χ2n) is 6.92. The number of hydrogen-bond acceptors (Lipinski definition) is 4. The van der Waals surface area contributed by atoms with Crippen LogP contribution < -0.4 is 0 Å². The number of rotatable bonds is 8. The minimum Gasteiger partial charge on any atom is -0.463 e. The van der Waals surface area contributed by atoms with E-state index in [4.69, 9.17) is 14.0 Å². The van der Waals surface area contributed by atoms with Crippen LogP contribution in [0.4, 0.5) is 0 Å². The van der Waals surface area contributed by atoms with Crippen molar-refractivity contribution in [1.82, 2.24) is 0 Å². The molecule has 0 aliphatic carbocycles. The van der Waals surface area contributed by atoms with Gasteiger partial charge in [-0.25, -0.2) is 4.79 Å². The van der Waals surface area contributed by atoms with Gasteiger partial charge in [-0.15, -0.1) is 0 Å². The first-order chi connectivity index (χ1) is 10.2. The van der Waals surface area contributed by atoms with Gasteiger partial charge in [-0.3, -0.25) is 0 Å². The van der Waals surface area contributed by atoms with Crippen LogP contribution in [0.25, 0.3) is 0 Å². The van der Waals surface area contributed by atoms with Gasteiger partial charge >= 0.3 is 13.1 Å². The summed E-state index contributed by atoms with van der Waals surface area (Å²) in [6.45, 7) is 12.7. The molecule has 1 fully saturated rings. The lowest BCUT2D eigenvalue weighted by Gasteiger charge is -2.32. The quantitative estimate of drug-likeness (QED) is 0.384. The highest BCUT2D eigenvalue weighted by Gasteiger charge is 2.53. The second kappa shape index (κ2) is 8.16. The Kier molecular flexibility index (Phi) is 7.14. The van der Waals surface area contributed by atoms with Crippen molar-refractivity contribution in [3.05, 3.63) is 12.2 Å². The van der Waals surface area contributed by atoms with Gasteiger partial charge in [0.1, 0.15) is 0 Å². The van der Waals surface area contributed by atoms with E-state index in [9.17, 15) is 4.79 Å². The molecular formula is C17H31BO4. The van der Waals surface area contributed by atoms with Crippen LogP contribution in [0, 0.1) is 0 Å². The average molecular weight is 310 g/mol. The molecule has 1 saturated heterocycles. The first-order valence-corrected chi connectivity index (χ1v) is 8.42. The maximum atomic E-state index is 11.4. The van der Waals surface area contributed by atoms with Crippen LogP contribution in [0.15, 0.2) is 12.2 Å². The molecule has 1 unspecified atom stereocenters. The molecule has 0 aromatic carbocycles. The topological polar surface area (TPSA) is 44.8 Å². The highest BCUT2D eigenvalue weighted by Crippen LogP contribution is 2.42. The third-order valence-electron chi connectivity index (χ3n) is 4.56. The Morgan fingerprint density at radius 1 is 1.18 bits per heavy atom. The maximum Gasteiger partial charge on any atom is 0.461 e. The first kappa shape index (κ1) is 19.2. The van der Waals surface area contributed by atoms with E-state index in [0.717, 1.165) is 25.7 Å². The first-order valence-electron chi connectivity index (χ1n) is 8.42. The minimum absolute atomic E-state index is 0.219. The Morgan fingerprint density at radius 3 is 2.27 bits per heavy atom. The molecule has 0 amide bonds. The molecule has 1 heterocycles. The Hall–Kier alpha value is -0.805. The van der Waals surface area contributed by atoms with E-state index >= 15 is 0 Å². The number of hydrogen-bond donors (Lipinski definition) is 0. The van der Waals surface area contributed by atoms with Gasteiger partial charge in [0.2, 0.25) is 0 Å². The Bertz CT molecular complexity index is 374. The van der Waals surface area contributed by atoms with E-state index in [-0.39, 0.29) is 30.1 Å². The minimum atomic E-state index is -0.313. The summed E-state index contributed by atoms with van der Waals surface area (Å²) >= 11 is 0. The number of carbonyl (C=O) groups excluding carboxylic acids is 1. The van der Waals surface area contributed by atoms with Gasteiger partial charge in [0.25, 0.3) is 0 Å². The number of unbranched alkanes of at least 4 members (excludes halogenated alkanes) is 1. The smallest absolute Gasteiger partial charge is 0.461 e. The lowest BCUT2D eigenvalue weighted by atomic mass is 9.67. The van der Waals surface area contributed by atoms with Crippen molar-refractivity contribution in [3.63, 3.8) is 0 Å². The SMILES string of the molecule is CCCCC(C/C=C/C(=O)OCC)B1OC(C)(C)C(C)(C)O1. The van der Waals surface area contributed by atoms with Crippen LogP contribution >= 0.6 is 0 Å². The molecule has 0 saturated carbocycles. The van der Waals surface area contributed by atoms with E-state index in [0.29, 0.717) is 6.61 Å². The number of allylic oxidation sites excluding steroid dienone is 1. The standard InChI is InChI=1S/C17H31BO4/c1-7-9-11-14(12-10-13-15(19)20-8-2)18-21-16(3,4)17(5,6)22-18/h10,13-14H,7-9,11-12H2,1-6H3/b13-10+. The summed E-state index contributed by atoms with van der Waals surface area (Å²) in [6.07, 6.45) is 7.44. The predicted molar refractivity (Wildman–Crippen MR) is 89.7 cm³/mol. The largest absolute Gasteiger partial charge is 0.463 e. The van der Waals surface area contributed by atoms with Gasteiger partial charge in [-0.1, -0.05) is 32.3 Å². The lowest BCUT2D eigenvalue weighted by molar-refractivity contribution is -0.137. The Labute approximate surface area is 135 Å². The molecule has 0 aromatic heterocycles. The van der Waals surface area contributed by atoms with Crippen LogP contribution in [0.5, 0.6) is 0 Å². The molecule has 0 N–H and O–H groups in total. The zero-order valence-electron chi connectivity index (χ0n) is 15.0. The maximum absolute atomic E-state index is 11.4. The van der Waals surface area contributed by atoms with E-state index < -0.39 is 0 Å². The summed E-state index contributed by atoms with van der Waals surface area (Å²) in [4.78, 5) is 11.4. The summed E-state index contributed by atoms with van der Waals surface area (Å²) in [5.41, 5.74) is -0.625. The molecule has 126 valence electrons. The Morgan fingerprint density at radius 2 is 1.77 bits per heavy atom. The van der Waals surface area contributed by atoms with Gasteiger partial charge in [0, 0.05) is 6.08 Å². The van der Waals surface area contributed by atoms with Crippen molar-refractivity contribution in [2.24, 2.45) is 0 Å². The zero-order valence-corrected chi connectivity index (χ0v) is 15.0.